The van der Waals surface area contributed by atoms with Crippen molar-refractivity contribution in [3.05, 3.63) is 0 Å². The summed E-state index contributed by atoms with van der Waals surface area (Å²) in [5.41, 5.74) is 0. The molecule has 0 radical (unpaired) electrons. The smallest absolute Gasteiger partial charge is 0.308 e. The quantitative estimate of drug-likeness (QED) is 0.0476. The Morgan fingerprint density at radius 2 is 0.625 bits per heavy atom. The lowest BCUT2D eigenvalue weighted by atomic mass is 10.0. The average Bonchev–Trinajstić information content (AvgIpc) is 3.19. The summed E-state index contributed by atoms with van der Waals surface area (Å²) >= 11 is 0. The van der Waals surface area contributed by atoms with Gasteiger partial charge >= 0.3 is 11.9 Å². The van der Waals surface area contributed by atoms with Crippen molar-refractivity contribution in [2.45, 2.75) is 226 Å². The van der Waals surface area contributed by atoms with E-state index in [1.807, 2.05) is 0 Å². The van der Waals surface area contributed by atoms with Crippen LogP contribution in [0.5, 0.6) is 0 Å². The predicted molar refractivity (Wildman–Crippen MR) is 232 cm³/mol. The van der Waals surface area contributed by atoms with E-state index in [0.717, 1.165) is 64.5 Å². The van der Waals surface area contributed by atoms with Gasteiger partial charge < -0.3 is 33.7 Å². The molecule has 0 amide bonds. The highest BCUT2D eigenvalue weighted by atomic mass is 16.6. The van der Waals surface area contributed by atoms with Gasteiger partial charge in [-0.15, -0.1) is 0 Å². The number of nitrogens with one attached hydrogen (secondary N) is 1. The van der Waals surface area contributed by atoms with E-state index in [4.69, 9.17) is 28.4 Å². The first-order valence-electron chi connectivity index (χ1n) is 24.0. The largest absolute Gasteiger partial charge is 0.462 e. The van der Waals surface area contributed by atoms with Crippen LogP contribution in [0.25, 0.3) is 0 Å². The van der Waals surface area contributed by atoms with Crippen molar-refractivity contribution in [3.63, 3.8) is 0 Å². The summed E-state index contributed by atoms with van der Waals surface area (Å²) in [5.74, 6) is -0.286. The molecule has 0 saturated heterocycles. The van der Waals surface area contributed by atoms with Gasteiger partial charge in [-0.2, -0.15) is 0 Å². The van der Waals surface area contributed by atoms with Crippen molar-refractivity contribution >= 4 is 11.9 Å². The molecular formula is C47H93NO8. The molecule has 1 unspecified atom stereocenters. The number of carbonyl (C=O) groups excluding carboxylic acids is 2. The summed E-state index contributed by atoms with van der Waals surface area (Å²) in [4.78, 5) is 25.0. The highest BCUT2D eigenvalue weighted by Crippen LogP contribution is 2.19. The Morgan fingerprint density at radius 3 is 0.929 bits per heavy atom. The van der Waals surface area contributed by atoms with Crippen molar-refractivity contribution in [2.24, 2.45) is 0 Å². The van der Waals surface area contributed by atoms with Crippen molar-refractivity contribution in [1.82, 2.24) is 5.32 Å². The minimum Gasteiger partial charge on any atom is -0.462 e. The summed E-state index contributed by atoms with van der Waals surface area (Å²) in [6.07, 6.45) is 33.4. The second kappa shape index (κ2) is 46.4. The Kier molecular flexibility index (Phi) is 45.4. The molecule has 0 aliphatic rings. The van der Waals surface area contributed by atoms with Crippen LogP contribution >= 0.6 is 0 Å². The fourth-order valence-electron chi connectivity index (χ4n) is 6.82. The standard InChI is InChI=1S/C47H93NO8/c1-5-9-13-17-21-25-29-44(28-24-20-16-12-8-4)55-46(49)32-36-51-40-42-53-38-34-48-35-39-54-43-41-52-37-33-47(50)56-45(30-26-22-18-14-10-6-2)31-27-23-19-15-11-7-3/h44-45,48H,5-43H2,1-4H3. The summed E-state index contributed by atoms with van der Waals surface area (Å²) < 4.78 is 34.3. The third kappa shape index (κ3) is 42.3. The minimum absolute atomic E-state index is 0.0453. The van der Waals surface area contributed by atoms with Gasteiger partial charge in [0.25, 0.3) is 0 Å². The molecule has 0 aliphatic carbocycles. The van der Waals surface area contributed by atoms with Gasteiger partial charge in [0.05, 0.1) is 65.7 Å². The molecule has 1 atom stereocenters. The van der Waals surface area contributed by atoms with Crippen molar-refractivity contribution in [3.8, 4) is 0 Å². The Hall–Kier alpha value is -1.26. The lowest BCUT2D eigenvalue weighted by Gasteiger charge is -2.18. The molecule has 0 saturated carbocycles. The second-order valence-electron chi connectivity index (χ2n) is 15.8. The number of esters is 2. The zero-order valence-electron chi connectivity index (χ0n) is 37.5. The molecule has 56 heavy (non-hydrogen) atoms. The van der Waals surface area contributed by atoms with Crippen LogP contribution in [-0.2, 0) is 38.0 Å². The molecule has 0 aromatic carbocycles. The van der Waals surface area contributed by atoms with E-state index in [9.17, 15) is 9.59 Å². The van der Waals surface area contributed by atoms with Crippen molar-refractivity contribution < 1.29 is 38.0 Å². The Balaban J connectivity index is 3.83. The lowest BCUT2D eigenvalue weighted by molar-refractivity contribution is -0.152. The molecular weight excluding hydrogens is 707 g/mol. The van der Waals surface area contributed by atoms with E-state index >= 15 is 0 Å². The highest BCUT2D eigenvalue weighted by Gasteiger charge is 2.16. The van der Waals surface area contributed by atoms with Gasteiger partial charge in [-0.25, -0.2) is 0 Å². The molecule has 9 nitrogen and oxygen atoms in total. The first-order valence-corrected chi connectivity index (χ1v) is 24.0. The van der Waals surface area contributed by atoms with E-state index in [1.165, 1.54) is 122 Å². The molecule has 1 N–H and O–H groups in total. The van der Waals surface area contributed by atoms with E-state index in [0.29, 0.717) is 65.7 Å². The Labute approximate surface area is 346 Å². The van der Waals surface area contributed by atoms with E-state index in [2.05, 4.69) is 33.0 Å². The van der Waals surface area contributed by atoms with Gasteiger partial charge in [0, 0.05) is 13.1 Å². The number of unbranched alkanes of at least 4 members (excludes halogenated alkanes) is 19. The third-order valence-electron chi connectivity index (χ3n) is 10.4. The molecule has 0 aliphatic heterocycles. The molecule has 0 spiro atoms. The topological polar surface area (TPSA) is 102 Å². The minimum atomic E-state index is -0.144. The average molecular weight is 800 g/mol. The number of hydrogen-bond donors (Lipinski definition) is 1. The molecule has 0 rings (SSSR count). The normalized spacial score (nSPS) is 12.1. The van der Waals surface area contributed by atoms with Gasteiger partial charge in [-0.3, -0.25) is 9.59 Å². The number of carbonyl (C=O) groups is 2. The highest BCUT2D eigenvalue weighted by molar-refractivity contribution is 5.70. The number of ether oxygens (including phenoxy) is 6. The second-order valence-corrected chi connectivity index (χ2v) is 15.8. The first kappa shape index (κ1) is 54.7. The van der Waals surface area contributed by atoms with Crippen molar-refractivity contribution in [1.29, 1.82) is 0 Å². The maximum Gasteiger partial charge on any atom is 0.308 e. The van der Waals surface area contributed by atoms with E-state index < -0.39 is 0 Å². The molecule has 0 bridgehead atoms. The van der Waals surface area contributed by atoms with Gasteiger partial charge in [0.2, 0.25) is 0 Å². The lowest BCUT2D eigenvalue weighted by Crippen LogP contribution is -2.25. The van der Waals surface area contributed by atoms with Crippen LogP contribution in [0, 0.1) is 0 Å². The van der Waals surface area contributed by atoms with Gasteiger partial charge in [-0.1, -0.05) is 150 Å². The fourth-order valence-corrected chi connectivity index (χ4v) is 6.82. The first-order chi connectivity index (χ1) is 27.6. The van der Waals surface area contributed by atoms with Gasteiger partial charge in [0.15, 0.2) is 0 Å². The summed E-state index contributed by atoms with van der Waals surface area (Å²) in [7, 11) is 0. The SMILES string of the molecule is CCCCCCCCC(CCCCCCC)OC(=O)CCOCCOCCNCCOCCOCCC(=O)OC(CCCCCCCC)CCCCCCCC. The third-order valence-corrected chi connectivity index (χ3v) is 10.4. The molecule has 0 heterocycles. The van der Waals surface area contributed by atoms with Crippen LogP contribution in [0.4, 0.5) is 0 Å². The zero-order chi connectivity index (χ0) is 40.8. The Bertz CT molecular complexity index is 784. The summed E-state index contributed by atoms with van der Waals surface area (Å²) in [5, 5.41) is 3.31. The Morgan fingerprint density at radius 1 is 0.357 bits per heavy atom. The van der Waals surface area contributed by atoms with Crippen LogP contribution in [-0.4, -0.2) is 90.1 Å². The maximum atomic E-state index is 12.5. The van der Waals surface area contributed by atoms with Crippen LogP contribution in [0.3, 0.4) is 0 Å². The molecule has 9 heteroatoms. The maximum absolute atomic E-state index is 12.5. The van der Waals surface area contributed by atoms with Crippen LogP contribution in [0.1, 0.15) is 214 Å². The van der Waals surface area contributed by atoms with E-state index in [-0.39, 0.29) is 24.1 Å². The molecule has 0 fully saturated rings. The summed E-state index contributed by atoms with van der Waals surface area (Å²) in [6.45, 7) is 14.2. The zero-order valence-corrected chi connectivity index (χ0v) is 37.5. The number of rotatable bonds is 47. The van der Waals surface area contributed by atoms with E-state index in [1.54, 1.807) is 0 Å². The van der Waals surface area contributed by atoms with Crippen LogP contribution in [0.2, 0.25) is 0 Å². The van der Waals surface area contributed by atoms with Crippen LogP contribution < -0.4 is 5.32 Å². The van der Waals surface area contributed by atoms with Crippen molar-refractivity contribution in [2.75, 3.05) is 65.9 Å². The number of hydrogen-bond acceptors (Lipinski definition) is 9. The summed E-state index contributed by atoms with van der Waals surface area (Å²) in [6, 6.07) is 0. The fraction of sp³-hybridized carbons (Fsp3) is 0.957. The predicted octanol–water partition coefficient (Wildman–Crippen LogP) is 11.9. The molecule has 0 aromatic rings. The van der Waals surface area contributed by atoms with Crippen LogP contribution in [0.15, 0.2) is 0 Å². The van der Waals surface area contributed by atoms with Gasteiger partial charge in [-0.05, 0) is 51.4 Å². The monoisotopic (exact) mass is 800 g/mol. The van der Waals surface area contributed by atoms with Gasteiger partial charge in [0.1, 0.15) is 12.2 Å². The molecule has 0 aromatic heterocycles. The molecule has 334 valence electrons.